The smallest absolute Gasteiger partial charge is 0.192 e. The highest BCUT2D eigenvalue weighted by Crippen LogP contribution is 1.92. The molecule has 40 valence electrons. The second-order valence-corrected chi connectivity index (χ2v) is 1.28. The molecule has 0 aliphatic carbocycles. The molecule has 0 fully saturated rings. The van der Waals surface area contributed by atoms with Crippen LogP contribution < -0.4 is 5.32 Å². The highest BCUT2D eigenvalue weighted by Gasteiger charge is 2.05. The Morgan fingerprint density at radius 3 is 3.00 bits per heavy atom. The summed E-state index contributed by atoms with van der Waals surface area (Å²) in [6.07, 6.45) is 2.96. The number of nitrogens with one attached hydrogen (secondary N) is 1. The quantitative estimate of drug-likeness (QED) is 0.463. The first-order valence-corrected chi connectivity index (χ1v) is 2.11. The van der Waals surface area contributed by atoms with Crippen LogP contribution in [0.5, 0.6) is 0 Å². The van der Waals surface area contributed by atoms with Crippen LogP contribution in [0.15, 0.2) is 12.5 Å². The summed E-state index contributed by atoms with van der Waals surface area (Å²) >= 11 is 0. The van der Waals surface area contributed by atoms with Crippen molar-refractivity contribution >= 4 is 0 Å². The van der Waals surface area contributed by atoms with Gasteiger partial charge in [0.1, 0.15) is 6.26 Å². The lowest BCUT2D eigenvalue weighted by Crippen LogP contribution is -2.24. The van der Waals surface area contributed by atoms with Crippen molar-refractivity contribution in [1.82, 2.24) is 5.32 Å². The van der Waals surface area contributed by atoms with Gasteiger partial charge in [-0.15, -0.1) is 0 Å². The van der Waals surface area contributed by atoms with E-state index in [4.69, 9.17) is 9.84 Å². The largest absolute Gasteiger partial charge is 0.474 e. The minimum atomic E-state index is -0.208. The number of ether oxygens (including phenoxy) is 1. The van der Waals surface area contributed by atoms with Crippen LogP contribution in [0.1, 0.15) is 0 Å². The molecule has 0 amide bonds. The zero-order valence-corrected chi connectivity index (χ0v) is 3.79. The monoisotopic (exact) mass is 101 g/mol. The van der Waals surface area contributed by atoms with Crippen LogP contribution in [-0.2, 0) is 4.74 Å². The van der Waals surface area contributed by atoms with Gasteiger partial charge in [-0.25, -0.2) is 0 Å². The average molecular weight is 101 g/mol. The first-order chi connectivity index (χ1) is 3.43. The van der Waals surface area contributed by atoms with Gasteiger partial charge in [0.15, 0.2) is 6.23 Å². The Morgan fingerprint density at radius 2 is 2.71 bits per heavy atom. The summed E-state index contributed by atoms with van der Waals surface area (Å²) in [5.74, 6) is 0. The maximum absolute atomic E-state index is 8.34. The fourth-order valence-electron chi connectivity index (χ4n) is 0.416. The van der Waals surface area contributed by atoms with Crippen LogP contribution in [-0.4, -0.2) is 17.9 Å². The normalized spacial score (nSPS) is 26.7. The third-order valence-corrected chi connectivity index (χ3v) is 0.759. The van der Waals surface area contributed by atoms with Crippen molar-refractivity contribution in [3.63, 3.8) is 0 Å². The van der Waals surface area contributed by atoms with E-state index in [1.165, 1.54) is 6.26 Å². The van der Waals surface area contributed by atoms with Gasteiger partial charge < -0.3 is 15.2 Å². The lowest BCUT2D eigenvalue weighted by atomic mass is 10.6. The highest BCUT2D eigenvalue weighted by molar-refractivity contribution is 4.80. The number of aliphatic hydroxyl groups excluding tert-OH is 1. The van der Waals surface area contributed by atoms with Crippen molar-refractivity contribution in [2.45, 2.75) is 6.23 Å². The molecule has 0 saturated heterocycles. The van der Waals surface area contributed by atoms with Crippen LogP contribution in [0.3, 0.4) is 0 Å². The molecule has 1 atom stereocenters. The van der Waals surface area contributed by atoms with Gasteiger partial charge in [0.2, 0.25) is 0 Å². The number of hydrogen-bond donors (Lipinski definition) is 2. The molecule has 0 aromatic heterocycles. The molecular formula is C4H7NO2. The van der Waals surface area contributed by atoms with Gasteiger partial charge in [0, 0.05) is 6.20 Å². The Morgan fingerprint density at radius 1 is 1.86 bits per heavy atom. The van der Waals surface area contributed by atoms with Crippen molar-refractivity contribution in [2.24, 2.45) is 0 Å². The van der Waals surface area contributed by atoms with Gasteiger partial charge in [-0.2, -0.15) is 0 Å². The van der Waals surface area contributed by atoms with Crippen LogP contribution >= 0.6 is 0 Å². The van der Waals surface area contributed by atoms with Gasteiger partial charge in [-0.05, 0) is 0 Å². The molecule has 0 saturated carbocycles. The molecule has 7 heavy (non-hydrogen) atoms. The summed E-state index contributed by atoms with van der Waals surface area (Å²) in [4.78, 5) is 0. The van der Waals surface area contributed by atoms with Crippen LogP contribution in [0.25, 0.3) is 0 Å². The second-order valence-electron chi connectivity index (χ2n) is 1.28. The van der Waals surface area contributed by atoms with E-state index in [1.54, 1.807) is 6.20 Å². The standard InChI is InChI=1S/C4H7NO2/c6-3-4-5-1-2-7-4/h1-2,4-6H,3H2. The van der Waals surface area contributed by atoms with Gasteiger partial charge >= 0.3 is 0 Å². The number of hydrogen-bond acceptors (Lipinski definition) is 3. The molecule has 1 rings (SSSR count). The van der Waals surface area contributed by atoms with E-state index >= 15 is 0 Å². The SMILES string of the molecule is OCC1NC=CO1. The zero-order valence-electron chi connectivity index (χ0n) is 3.79. The van der Waals surface area contributed by atoms with Crippen molar-refractivity contribution in [1.29, 1.82) is 0 Å². The maximum atomic E-state index is 8.34. The highest BCUT2D eigenvalue weighted by atomic mass is 16.5. The lowest BCUT2D eigenvalue weighted by molar-refractivity contribution is 0.0819. The summed E-state index contributed by atoms with van der Waals surface area (Å²) < 4.78 is 4.76. The molecule has 3 heteroatoms. The van der Waals surface area contributed by atoms with E-state index in [0.717, 1.165) is 0 Å². The van der Waals surface area contributed by atoms with E-state index in [1.807, 2.05) is 0 Å². The molecular weight excluding hydrogens is 94.0 g/mol. The van der Waals surface area contributed by atoms with Crippen molar-refractivity contribution in [2.75, 3.05) is 6.61 Å². The summed E-state index contributed by atoms with van der Waals surface area (Å²) in [7, 11) is 0. The summed E-state index contributed by atoms with van der Waals surface area (Å²) in [5.41, 5.74) is 0. The molecule has 0 spiro atoms. The van der Waals surface area contributed by atoms with Crippen molar-refractivity contribution in [3.8, 4) is 0 Å². The van der Waals surface area contributed by atoms with E-state index in [0.29, 0.717) is 0 Å². The summed E-state index contributed by atoms with van der Waals surface area (Å²) in [6.45, 7) is 0.0208. The Balaban J connectivity index is 2.22. The van der Waals surface area contributed by atoms with Gasteiger partial charge in [0.05, 0.1) is 6.61 Å². The minimum absolute atomic E-state index is 0.0208. The molecule has 1 unspecified atom stereocenters. The Hall–Kier alpha value is -0.700. The molecule has 1 aliphatic rings. The van der Waals surface area contributed by atoms with Crippen molar-refractivity contribution in [3.05, 3.63) is 12.5 Å². The van der Waals surface area contributed by atoms with Crippen molar-refractivity contribution < 1.29 is 9.84 Å². The van der Waals surface area contributed by atoms with Crippen LogP contribution in [0.2, 0.25) is 0 Å². The van der Waals surface area contributed by atoms with Gasteiger partial charge in [-0.3, -0.25) is 0 Å². The molecule has 1 aliphatic heterocycles. The second kappa shape index (κ2) is 1.84. The molecule has 2 N–H and O–H groups in total. The first-order valence-electron chi connectivity index (χ1n) is 2.11. The number of rotatable bonds is 1. The topological polar surface area (TPSA) is 41.5 Å². The Bertz CT molecular complexity index is 73.8. The minimum Gasteiger partial charge on any atom is -0.474 e. The van der Waals surface area contributed by atoms with Crippen LogP contribution in [0, 0.1) is 0 Å². The molecule has 0 aromatic carbocycles. The Kier molecular flexibility index (Phi) is 1.17. The van der Waals surface area contributed by atoms with E-state index in [-0.39, 0.29) is 12.8 Å². The molecule has 3 nitrogen and oxygen atoms in total. The van der Waals surface area contributed by atoms with E-state index < -0.39 is 0 Å². The average Bonchev–Trinajstić information content (AvgIpc) is 2.14. The Labute approximate surface area is 41.6 Å². The lowest BCUT2D eigenvalue weighted by Gasteiger charge is -2.04. The summed E-state index contributed by atoms with van der Waals surface area (Å²) in [6, 6.07) is 0. The third kappa shape index (κ3) is 0.838. The fourth-order valence-corrected chi connectivity index (χ4v) is 0.416. The van der Waals surface area contributed by atoms with Crippen LogP contribution in [0.4, 0.5) is 0 Å². The number of aliphatic hydroxyl groups is 1. The zero-order chi connectivity index (χ0) is 5.11. The molecule has 0 bridgehead atoms. The molecule has 0 radical (unpaired) electrons. The maximum Gasteiger partial charge on any atom is 0.192 e. The predicted octanol–water partition coefficient (Wildman–Crippen LogP) is -0.604. The molecule has 0 aromatic rings. The summed E-state index contributed by atoms with van der Waals surface area (Å²) in [5, 5.41) is 11.1. The van der Waals surface area contributed by atoms with Gasteiger partial charge in [-0.1, -0.05) is 0 Å². The predicted molar refractivity (Wildman–Crippen MR) is 24.2 cm³/mol. The molecule has 1 heterocycles. The first kappa shape index (κ1) is 4.46. The van der Waals surface area contributed by atoms with Gasteiger partial charge in [0.25, 0.3) is 0 Å². The fraction of sp³-hybridized carbons (Fsp3) is 0.500. The van der Waals surface area contributed by atoms with E-state index in [9.17, 15) is 0 Å². The third-order valence-electron chi connectivity index (χ3n) is 0.759. The van der Waals surface area contributed by atoms with E-state index in [2.05, 4.69) is 5.32 Å².